The first-order valence-electron chi connectivity index (χ1n) is 16.7. The summed E-state index contributed by atoms with van der Waals surface area (Å²) in [6.07, 6.45) is 15.6. The van der Waals surface area contributed by atoms with Gasteiger partial charge in [-0.1, -0.05) is 54.5 Å². The third-order valence-electron chi connectivity index (χ3n) is 14.6. The largest absolute Gasteiger partial charge is 0.353 e. The van der Waals surface area contributed by atoms with Crippen LogP contribution in [0.1, 0.15) is 119 Å². The van der Waals surface area contributed by atoms with Gasteiger partial charge in [-0.2, -0.15) is 0 Å². The van der Waals surface area contributed by atoms with E-state index in [-0.39, 0.29) is 28.3 Å². The van der Waals surface area contributed by atoms with Gasteiger partial charge in [0.2, 0.25) is 5.70 Å². The molecular formula is C36H55NO3. The minimum atomic E-state index is -0.461. The molecule has 1 saturated heterocycles. The van der Waals surface area contributed by atoms with Gasteiger partial charge in [0.1, 0.15) is 0 Å². The van der Waals surface area contributed by atoms with Gasteiger partial charge in [0.05, 0.1) is 13.2 Å². The Morgan fingerprint density at radius 3 is 2.40 bits per heavy atom. The summed E-state index contributed by atoms with van der Waals surface area (Å²) in [5.74, 6) is 3.82. The van der Waals surface area contributed by atoms with Crippen LogP contribution >= 0.6 is 0 Å². The van der Waals surface area contributed by atoms with Crippen LogP contribution < -0.4 is 0 Å². The van der Waals surface area contributed by atoms with Crippen LogP contribution in [-0.4, -0.2) is 25.3 Å². The summed E-state index contributed by atoms with van der Waals surface area (Å²) in [6.45, 7) is 26.5. The standard InChI is InChI=1S/C36H55NO3/c1-23(2)24-14-17-36(22-40-29-11-9-10-20-39-29)19-18-34(6)25(30(24)36)12-13-28-33(5)21-26(37-8)31(38)32(3,4)27(33)15-16-35(28,34)7/h21,23-25,27-30H,9-20,22H2,1-7H3/t24-,25+,27-,28+,29?,30+,33-,34+,35+,36+/m0/s1. The van der Waals surface area contributed by atoms with E-state index < -0.39 is 5.41 Å². The maximum absolute atomic E-state index is 13.3. The molecule has 0 aromatic rings. The lowest BCUT2D eigenvalue weighted by Crippen LogP contribution is -2.66. The number of carbonyl (C=O) groups excluding carboxylic acids is 1. The highest BCUT2D eigenvalue weighted by Crippen LogP contribution is 2.77. The molecule has 0 aromatic heterocycles. The molecule has 0 N–H and O–H groups in total. The molecular weight excluding hydrogens is 494 g/mol. The molecule has 0 aromatic carbocycles. The van der Waals surface area contributed by atoms with Gasteiger partial charge in [-0.25, -0.2) is 4.85 Å². The number of rotatable bonds is 4. The molecule has 222 valence electrons. The fraction of sp³-hybridized carbons (Fsp3) is 0.889. The van der Waals surface area contributed by atoms with Gasteiger partial charge in [0, 0.05) is 12.0 Å². The van der Waals surface area contributed by atoms with Crippen molar-refractivity contribution >= 4 is 5.78 Å². The summed E-state index contributed by atoms with van der Waals surface area (Å²) in [7, 11) is 0. The molecule has 10 atom stereocenters. The molecule has 1 aliphatic heterocycles. The molecule has 1 heterocycles. The molecule has 0 spiro atoms. The van der Waals surface area contributed by atoms with Gasteiger partial charge in [0.15, 0.2) is 12.1 Å². The highest BCUT2D eigenvalue weighted by molar-refractivity contribution is 6.02. The third kappa shape index (κ3) is 3.85. The van der Waals surface area contributed by atoms with E-state index in [1.165, 1.54) is 57.8 Å². The molecule has 0 bridgehead atoms. The molecule has 0 amide bonds. The minimum Gasteiger partial charge on any atom is -0.353 e. The SMILES string of the molecule is [C-]#[N+]C1=C[C@]2(C)[C@H]3CC[C@@H]4[C@H]5[C@H](C(C)C)CC[C@]5(COC5CCCCO5)CC[C@@]4(C)[C@]3(C)CC[C@H]2C(C)(C)C1=O. The van der Waals surface area contributed by atoms with Gasteiger partial charge < -0.3 is 14.3 Å². The lowest BCUT2D eigenvalue weighted by atomic mass is 9.33. The Morgan fingerprint density at radius 2 is 1.73 bits per heavy atom. The van der Waals surface area contributed by atoms with Crippen LogP contribution in [0.2, 0.25) is 0 Å². The zero-order valence-corrected chi connectivity index (χ0v) is 26.5. The third-order valence-corrected chi connectivity index (χ3v) is 14.6. The molecule has 5 fully saturated rings. The Bertz CT molecular complexity index is 1100. The van der Waals surface area contributed by atoms with Crippen LogP contribution in [-0.2, 0) is 14.3 Å². The lowest BCUT2D eigenvalue weighted by Gasteiger charge is -2.72. The number of Topliss-reactive ketones (excluding diaryl/α,β-unsaturated/α-hetero) is 1. The number of hydrogen-bond acceptors (Lipinski definition) is 3. The number of allylic oxidation sites excluding steroid dienone is 2. The summed E-state index contributed by atoms with van der Waals surface area (Å²) < 4.78 is 12.7. The highest BCUT2D eigenvalue weighted by Gasteiger charge is 2.70. The first-order chi connectivity index (χ1) is 18.8. The predicted molar refractivity (Wildman–Crippen MR) is 159 cm³/mol. The van der Waals surface area contributed by atoms with Gasteiger partial charge in [-0.3, -0.25) is 0 Å². The maximum Gasteiger partial charge on any atom is 0.226 e. The van der Waals surface area contributed by atoms with Crippen molar-refractivity contribution in [1.29, 1.82) is 0 Å². The Labute approximate surface area is 244 Å². The number of ketones is 1. The average Bonchev–Trinajstić information content (AvgIpc) is 3.31. The molecule has 4 heteroatoms. The fourth-order valence-electron chi connectivity index (χ4n) is 12.4. The summed E-state index contributed by atoms with van der Waals surface area (Å²) in [6, 6.07) is 0. The van der Waals surface area contributed by atoms with Crippen molar-refractivity contribution in [3.63, 3.8) is 0 Å². The Kier molecular flexibility index (Phi) is 6.99. The van der Waals surface area contributed by atoms with Crippen LogP contribution in [0, 0.1) is 69.2 Å². The second-order valence-electron chi connectivity index (χ2n) is 16.7. The number of nitrogens with zero attached hydrogens (tertiary/aromatic N) is 1. The first kappa shape index (κ1) is 28.9. The lowest BCUT2D eigenvalue weighted by molar-refractivity contribution is -0.238. The number of carbonyl (C=O) groups is 1. The maximum atomic E-state index is 13.3. The topological polar surface area (TPSA) is 39.9 Å². The molecule has 4 saturated carbocycles. The van der Waals surface area contributed by atoms with E-state index in [2.05, 4.69) is 59.4 Å². The van der Waals surface area contributed by atoms with Crippen molar-refractivity contribution in [2.75, 3.05) is 13.2 Å². The summed E-state index contributed by atoms with van der Waals surface area (Å²) in [4.78, 5) is 17.1. The second kappa shape index (κ2) is 9.67. The predicted octanol–water partition coefficient (Wildman–Crippen LogP) is 8.86. The zero-order valence-electron chi connectivity index (χ0n) is 26.5. The van der Waals surface area contributed by atoms with E-state index in [4.69, 9.17) is 16.0 Å². The number of fused-ring (bicyclic) bond motifs is 7. The quantitative estimate of drug-likeness (QED) is 0.329. The minimum absolute atomic E-state index is 0.000496. The molecule has 1 unspecified atom stereocenters. The van der Waals surface area contributed by atoms with E-state index in [0.717, 1.165) is 43.8 Å². The van der Waals surface area contributed by atoms with Crippen molar-refractivity contribution in [1.82, 2.24) is 0 Å². The van der Waals surface area contributed by atoms with Gasteiger partial charge in [0.25, 0.3) is 0 Å². The molecule has 40 heavy (non-hydrogen) atoms. The second-order valence-corrected chi connectivity index (χ2v) is 16.7. The summed E-state index contributed by atoms with van der Waals surface area (Å²) in [5, 5.41) is 0. The molecule has 4 nitrogen and oxygen atoms in total. The van der Waals surface area contributed by atoms with E-state index in [1.54, 1.807) is 0 Å². The first-order valence-corrected chi connectivity index (χ1v) is 16.7. The van der Waals surface area contributed by atoms with Crippen LogP contribution in [0.4, 0.5) is 0 Å². The highest BCUT2D eigenvalue weighted by atomic mass is 16.7. The normalized spacial score (nSPS) is 49.8. The molecule has 0 radical (unpaired) electrons. The van der Waals surface area contributed by atoms with Crippen molar-refractivity contribution in [2.24, 2.45) is 62.6 Å². The van der Waals surface area contributed by atoms with Crippen molar-refractivity contribution in [3.8, 4) is 0 Å². The zero-order chi connectivity index (χ0) is 28.7. The smallest absolute Gasteiger partial charge is 0.226 e. The fourth-order valence-corrected chi connectivity index (χ4v) is 12.4. The average molecular weight is 550 g/mol. The van der Waals surface area contributed by atoms with E-state index >= 15 is 0 Å². The van der Waals surface area contributed by atoms with Gasteiger partial charge in [-0.15, -0.1) is 0 Å². The molecule has 5 aliphatic carbocycles. The number of hydrogen-bond donors (Lipinski definition) is 0. The van der Waals surface area contributed by atoms with Crippen LogP contribution in [0.5, 0.6) is 0 Å². The molecule has 6 rings (SSSR count). The summed E-state index contributed by atoms with van der Waals surface area (Å²) >= 11 is 0. The Morgan fingerprint density at radius 1 is 0.950 bits per heavy atom. The van der Waals surface area contributed by atoms with Crippen molar-refractivity contribution in [3.05, 3.63) is 23.2 Å². The Hall–Kier alpha value is -1.18. The summed E-state index contributed by atoms with van der Waals surface area (Å²) in [5.41, 5.74) is 0.624. The van der Waals surface area contributed by atoms with Crippen LogP contribution in [0.25, 0.3) is 4.85 Å². The van der Waals surface area contributed by atoms with Crippen LogP contribution in [0.15, 0.2) is 11.8 Å². The van der Waals surface area contributed by atoms with Crippen molar-refractivity contribution in [2.45, 2.75) is 125 Å². The van der Waals surface area contributed by atoms with E-state index in [1.807, 2.05) is 0 Å². The number of ether oxygens (including phenoxy) is 2. The monoisotopic (exact) mass is 549 g/mol. The van der Waals surface area contributed by atoms with E-state index in [0.29, 0.717) is 28.9 Å². The Balaban J connectivity index is 1.35. The van der Waals surface area contributed by atoms with Crippen molar-refractivity contribution < 1.29 is 14.3 Å². The molecule has 6 aliphatic rings. The van der Waals surface area contributed by atoms with Gasteiger partial charge in [-0.05, 0) is 128 Å². The van der Waals surface area contributed by atoms with E-state index in [9.17, 15) is 4.79 Å². The van der Waals surface area contributed by atoms with Crippen LogP contribution in [0.3, 0.4) is 0 Å². The van der Waals surface area contributed by atoms with Gasteiger partial charge >= 0.3 is 0 Å².